The molecular formula is C18H12N4OS. The second-order valence-corrected chi connectivity index (χ2v) is 6.03. The van der Waals surface area contributed by atoms with E-state index in [9.17, 15) is 4.79 Å². The molecule has 0 N–H and O–H groups in total. The highest BCUT2D eigenvalue weighted by Gasteiger charge is 2.09. The Morgan fingerprint density at radius 3 is 2.54 bits per heavy atom. The number of nitrogens with zero attached hydrogens (tertiary/aromatic N) is 4. The lowest BCUT2D eigenvalue weighted by Gasteiger charge is -1.94. The number of benzene rings is 1. The van der Waals surface area contributed by atoms with Crippen molar-refractivity contribution in [1.82, 2.24) is 19.6 Å². The van der Waals surface area contributed by atoms with Crippen LogP contribution in [-0.2, 0) is 0 Å². The Morgan fingerprint density at radius 1 is 0.958 bits per heavy atom. The normalized spacial score (nSPS) is 11.3. The van der Waals surface area contributed by atoms with Gasteiger partial charge in [-0.1, -0.05) is 47.7 Å². The molecule has 6 heteroatoms. The van der Waals surface area contributed by atoms with Crippen LogP contribution in [-0.4, -0.2) is 19.6 Å². The van der Waals surface area contributed by atoms with E-state index >= 15 is 0 Å². The number of hydrogen-bond donors (Lipinski definition) is 0. The molecule has 0 aliphatic heterocycles. The molecule has 0 bridgehead atoms. The molecule has 4 rings (SSSR count). The average Bonchev–Trinajstić information content (AvgIpc) is 3.06. The fourth-order valence-electron chi connectivity index (χ4n) is 2.26. The lowest BCUT2D eigenvalue weighted by Crippen LogP contribution is -2.14. The molecule has 0 atom stereocenters. The standard InChI is InChI=1S/C18H12N4OS/c23-16-12-15(10-9-14-8-4-5-11-19-14)20-18-22(16)21-17(24-18)13-6-2-1-3-7-13/h1-12H. The van der Waals surface area contributed by atoms with Gasteiger partial charge in [-0.25, -0.2) is 4.98 Å². The van der Waals surface area contributed by atoms with E-state index in [1.807, 2.05) is 54.6 Å². The molecule has 0 amide bonds. The molecule has 5 nitrogen and oxygen atoms in total. The van der Waals surface area contributed by atoms with Crippen LogP contribution in [0.4, 0.5) is 0 Å². The first-order valence-electron chi connectivity index (χ1n) is 7.35. The summed E-state index contributed by atoms with van der Waals surface area (Å²) in [6.45, 7) is 0. The van der Waals surface area contributed by atoms with E-state index in [-0.39, 0.29) is 5.56 Å². The Morgan fingerprint density at radius 2 is 1.75 bits per heavy atom. The van der Waals surface area contributed by atoms with Crippen LogP contribution in [0.25, 0.3) is 27.7 Å². The molecule has 0 unspecified atom stereocenters. The van der Waals surface area contributed by atoms with Crippen LogP contribution < -0.4 is 5.56 Å². The molecule has 4 aromatic rings. The zero-order valence-corrected chi connectivity index (χ0v) is 13.4. The second kappa shape index (κ2) is 6.17. The summed E-state index contributed by atoms with van der Waals surface area (Å²) in [5.41, 5.74) is 2.18. The van der Waals surface area contributed by atoms with Crippen LogP contribution in [0.1, 0.15) is 11.4 Å². The average molecular weight is 332 g/mol. The maximum Gasteiger partial charge on any atom is 0.275 e. The van der Waals surface area contributed by atoms with Gasteiger partial charge in [-0.15, -0.1) is 0 Å². The molecule has 0 saturated heterocycles. The van der Waals surface area contributed by atoms with Gasteiger partial charge in [0, 0.05) is 17.8 Å². The number of pyridine rings is 1. The first-order valence-corrected chi connectivity index (χ1v) is 8.17. The predicted octanol–water partition coefficient (Wildman–Crippen LogP) is 3.38. The van der Waals surface area contributed by atoms with Gasteiger partial charge >= 0.3 is 0 Å². The van der Waals surface area contributed by atoms with Crippen LogP contribution in [0.3, 0.4) is 0 Å². The maximum atomic E-state index is 12.3. The summed E-state index contributed by atoms with van der Waals surface area (Å²) >= 11 is 1.39. The van der Waals surface area contributed by atoms with E-state index in [0.717, 1.165) is 16.3 Å². The van der Waals surface area contributed by atoms with Crippen molar-refractivity contribution >= 4 is 28.4 Å². The van der Waals surface area contributed by atoms with Crippen molar-refractivity contribution in [1.29, 1.82) is 0 Å². The molecule has 3 aromatic heterocycles. The maximum absolute atomic E-state index is 12.3. The fourth-order valence-corrected chi connectivity index (χ4v) is 3.17. The molecule has 24 heavy (non-hydrogen) atoms. The van der Waals surface area contributed by atoms with Crippen molar-refractivity contribution in [2.45, 2.75) is 0 Å². The van der Waals surface area contributed by atoms with E-state index in [0.29, 0.717) is 10.7 Å². The summed E-state index contributed by atoms with van der Waals surface area (Å²) in [6.07, 6.45) is 5.34. The van der Waals surface area contributed by atoms with Crippen molar-refractivity contribution in [3.63, 3.8) is 0 Å². The minimum Gasteiger partial charge on any atom is -0.267 e. The van der Waals surface area contributed by atoms with Crippen LogP contribution in [0.2, 0.25) is 0 Å². The van der Waals surface area contributed by atoms with E-state index in [4.69, 9.17) is 0 Å². The Labute approximate surface area is 141 Å². The third kappa shape index (κ3) is 2.87. The van der Waals surface area contributed by atoms with Crippen LogP contribution in [0.5, 0.6) is 0 Å². The molecular weight excluding hydrogens is 320 g/mol. The van der Waals surface area contributed by atoms with Crippen molar-refractivity contribution < 1.29 is 0 Å². The molecule has 0 spiro atoms. The molecule has 1 aromatic carbocycles. The van der Waals surface area contributed by atoms with Crippen molar-refractivity contribution in [2.75, 3.05) is 0 Å². The van der Waals surface area contributed by atoms with Crippen molar-refractivity contribution in [3.05, 3.63) is 82.5 Å². The molecule has 0 saturated carbocycles. The highest BCUT2D eigenvalue weighted by atomic mass is 32.1. The van der Waals surface area contributed by atoms with Crippen LogP contribution in [0.15, 0.2) is 65.6 Å². The van der Waals surface area contributed by atoms with Gasteiger partial charge in [-0.2, -0.15) is 9.61 Å². The predicted molar refractivity (Wildman–Crippen MR) is 95.7 cm³/mol. The molecule has 0 fully saturated rings. The van der Waals surface area contributed by atoms with Gasteiger partial charge in [-0.05, 0) is 24.3 Å². The van der Waals surface area contributed by atoms with Crippen molar-refractivity contribution in [2.24, 2.45) is 0 Å². The SMILES string of the molecule is O=c1cc(C=Cc2ccccn2)nc2sc(-c3ccccc3)nn12. The van der Waals surface area contributed by atoms with Gasteiger partial charge in [0.25, 0.3) is 5.56 Å². The summed E-state index contributed by atoms with van der Waals surface area (Å²) in [5.74, 6) is 0. The van der Waals surface area contributed by atoms with Gasteiger partial charge in [-0.3, -0.25) is 9.78 Å². The summed E-state index contributed by atoms with van der Waals surface area (Å²) in [6, 6.07) is 16.9. The quantitative estimate of drug-likeness (QED) is 0.577. The smallest absolute Gasteiger partial charge is 0.267 e. The van der Waals surface area contributed by atoms with Crippen LogP contribution >= 0.6 is 11.3 Å². The minimum absolute atomic E-state index is 0.195. The van der Waals surface area contributed by atoms with E-state index < -0.39 is 0 Å². The lowest BCUT2D eigenvalue weighted by molar-refractivity contribution is 0.901. The topological polar surface area (TPSA) is 60.2 Å². The Balaban J connectivity index is 1.75. The van der Waals surface area contributed by atoms with Crippen molar-refractivity contribution in [3.8, 4) is 10.6 Å². The fraction of sp³-hybridized carbons (Fsp3) is 0. The van der Waals surface area contributed by atoms with Crippen LogP contribution in [0, 0.1) is 0 Å². The van der Waals surface area contributed by atoms with E-state index in [2.05, 4.69) is 15.1 Å². The third-order valence-electron chi connectivity index (χ3n) is 3.40. The first kappa shape index (κ1) is 14.5. The Hall–Kier alpha value is -3.12. The molecule has 0 radical (unpaired) electrons. The van der Waals surface area contributed by atoms with Gasteiger partial charge in [0.1, 0.15) is 5.01 Å². The number of rotatable bonds is 3. The minimum atomic E-state index is -0.195. The number of fused-ring (bicyclic) bond motifs is 1. The summed E-state index contributed by atoms with van der Waals surface area (Å²) < 4.78 is 1.34. The molecule has 0 aliphatic carbocycles. The lowest BCUT2D eigenvalue weighted by atomic mass is 10.2. The highest BCUT2D eigenvalue weighted by molar-refractivity contribution is 7.19. The summed E-state index contributed by atoms with van der Waals surface area (Å²) in [4.78, 5) is 21.6. The summed E-state index contributed by atoms with van der Waals surface area (Å²) in [7, 11) is 0. The molecule has 3 heterocycles. The van der Waals surface area contributed by atoms with Gasteiger partial charge < -0.3 is 0 Å². The van der Waals surface area contributed by atoms with Gasteiger partial charge in [0.2, 0.25) is 4.96 Å². The van der Waals surface area contributed by atoms with E-state index in [1.165, 1.54) is 21.9 Å². The van der Waals surface area contributed by atoms with E-state index in [1.54, 1.807) is 12.3 Å². The Bertz CT molecular complexity index is 1070. The zero-order valence-electron chi connectivity index (χ0n) is 12.5. The third-order valence-corrected chi connectivity index (χ3v) is 4.36. The molecule has 0 aliphatic rings. The van der Waals surface area contributed by atoms with Gasteiger partial charge in [0.05, 0.1) is 11.4 Å². The van der Waals surface area contributed by atoms with Gasteiger partial charge in [0.15, 0.2) is 0 Å². The Kier molecular flexibility index (Phi) is 3.72. The first-order chi connectivity index (χ1) is 11.8. The largest absolute Gasteiger partial charge is 0.275 e. The second-order valence-electron chi connectivity index (χ2n) is 5.07. The number of aromatic nitrogens is 4. The summed E-state index contributed by atoms with van der Waals surface area (Å²) in [5, 5.41) is 5.14. The highest BCUT2D eigenvalue weighted by Crippen LogP contribution is 2.23. The number of hydrogen-bond acceptors (Lipinski definition) is 5. The zero-order chi connectivity index (χ0) is 16.4. The molecule has 116 valence electrons. The monoisotopic (exact) mass is 332 g/mol.